The van der Waals surface area contributed by atoms with Crippen LogP contribution in [-0.4, -0.2) is 17.7 Å². The standard InChI is InChI=1S/C30H31Cl2NO2/c1-20(28(22-13-17-27(32)18-14-22)19-21-7-15-26(31)16-8-21)33-30(35)25-11-9-24(10-12-25)29(34)23-5-3-2-4-6-23/h2-8,13-18,20,24-25,28H,9-12,19H2,1H3,(H,33,35)/t20-,24?,25?,28+/m1/s1. The van der Waals surface area contributed by atoms with Crippen molar-refractivity contribution in [1.29, 1.82) is 0 Å². The highest BCUT2D eigenvalue weighted by Gasteiger charge is 2.32. The molecule has 2 atom stereocenters. The fourth-order valence-electron chi connectivity index (χ4n) is 5.07. The number of carbonyl (C=O) groups is 2. The van der Waals surface area contributed by atoms with Gasteiger partial charge in [-0.05, 0) is 74.4 Å². The van der Waals surface area contributed by atoms with Crippen LogP contribution in [0.1, 0.15) is 60.0 Å². The van der Waals surface area contributed by atoms with E-state index in [-0.39, 0.29) is 35.5 Å². The van der Waals surface area contributed by atoms with Gasteiger partial charge in [0.25, 0.3) is 0 Å². The van der Waals surface area contributed by atoms with Crippen LogP contribution in [0.4, 0.5) is 0 Å². The summed E-state index contributed by atoms with van der Waals surface area (Å²) in [6.45, 7) is 2.07. The van der Waals surface area contributed by atoms with Crippen molar-refractivity contribution in [3.63, 3.8) is 0 Å². The average Bonchev–Trinajstić information content (AvgIpc) is 2.89. The highest BCUT2D eigenvalue weighted by molar-refractivity contribution is 6.30. The maximum absolute atomic E-state index is 13.2. The lowest BCUT2D eigenvalue weighted by Crippen LogP contribution is -2.42. The van der Waals surface area contributed by atoms with Gasteiger partial charge in [0, 0.05) is 39.4 Å². The summed E-state index contributed by atoms with van der Waals surface area (Å²) in [4.78, 5) is 26.0. The maximum Gasteiger partial charge on any atom is 0.223 e. The molecule has 0 aromatic heterocycles. The number of rotatable bonds is 8. The Morgan fingerprint density at radius 2 is 1.34 bits per heavy atom. The predicted octanol–water partition coefficient (Wildman–Crippen LogP) is 7.51. The molecule has 1 aliphatic carbocycles. The summed E-state index contributed by atoms with van der Waals surface area (Å²) in [5.41, 5.74) is 3.06. The van der Waals surface area contributed by atoms with Crippen molar-refractivity contribution in [1.82, 2.24) is 5.32 Å². The average molecular weight is 508 g/mol. The molecular weight excluding hydrogens is 477 g/mol. The second-order valence-electron chi connectivity index (χ2n) is 9.56. The highest BCUT2D eigenvalue weighted by atomic mass is 35.5. The zero-order valence-corrected chi connectivity index (χ0v) is 21.4. The van der Waals surface area contributed by atoms with Crippen LogP contribution in [0.15, 0.2) is 78.9 Å². The molecule has 1 aliphatic rings. The van der Waals surface area contributed by atoms with Gasteiger partial charge in [0.1, 0.15) is 0 Å². The molecule has 1 N–H and O–H groups in total. The molecule has 35 heavy (non-hydrogen) atoms. The molecule has 3 aromatic rings. The van der Waals surface area contributed by atoms with E-state index in [1.165, 1.54) is 0 Å². The SMILES string of the molecule is C[C@@H](NC(=O)C1CCC(C(=O)c2ccccc2)CC1)[C@H](Cc1ccc(Cl)cc1)c1ccc(Cl)cc1. The van der Waals surface area contributed by atoms with Gasteiger partial charge in [-0.15, -0.1) is 0 Å². The van der Waals surface area contributed by atoms with E-state index in [0.29, 0.717) is 10.0 Å². The highest BCUT2D eigenvalue weighted by Crippen LogP contribution is 2.32. The number of ketones is 1. The number of Topliss-reactive ketones (excluding diaryl/α,β-unsaturated/α-hetero) is 1. The Balaban J connectivity index is 1.39. The molecule has 1 amide bonds. The van der Waals surface area contributed by atoms with Crippen LogP contribution in [0.25, 0.3) is 0 Å². The van der Waals surface area contributed by atoms with Gasteiger partial charge in [0.2, 0.25) is 5.91 Å². The molecule has 3 nitrogen and oxygen atoms in total. The van der Waals surface area contributed by atoms with Crippen molar-refractivity contribution in [2.24, 2.45) is 11.8 Å². The summed E-state index contributed by atoms with van der Waals surface area (Å²) < 4.78 is 0. The Hall–Kier alpha value is -2.62. The van der Waals surface area contributed by atoms with Crippen LogP contribution in [-0.2, 0) is 11.2 Å². The molecule has 0 aliphatic heterocycles. The van der Waals surface area contributed by atoms with E-state index in [2.05, 4.69) is 12.2 Å². The van der Waals surface area contributed by atoms with Gasteiger partial charge in [0.05, 0.1) is 0 Å². The Morgan fingerprint density at radius 3 is 1.94 bits per heavy atom. The van der Waals surface area contributed by atoms with E-state index >= 15 is 0 Å². The molecule has 5 heteroatoms. The third kappa shape index (κ3) is 6.74. The third-order valence-corrected chi connectivity index (χ3v) is 7.67. The first-order chi connectivity index (χ1) is 16.9. The van der Waals surface area contributed by atoms with Crippen molar-refractivity contribution >= 4 is 34.9 Å². The molecule has 0 radical (unpaired) electrons. The lowest BCUT2D eigenvalue weighted by Gasteiger charge is -2.30. The summed E-state index contributed by atoms with van der Waals surface area (Å²) in [7, 11) is 0. The van der Waals surface area contributed by atoms with Crippen LogP contribution in [0.5, 0.6) is 0 Å². The maximum atomic E-state index is 13.2. The molecule has 0 unspecified atom stereocenters. The second-order valence-corrected chi connectivity index (χ2v) is 10.4. The van der Waals surface area contributed by atoms with E-state index in [4.69, 9.17) is 23.2 Å². The van der Waals surface area contributed by atoms with Crippen LogP contribution < -0.4 is 5.32 Å². The third-order valence-electron chi connectivity index (χ3n) is 7.17. The van der Waals surface area contributed by atoms with Crippen LogP contribution in [0.2, 0.25) is 10.0 Å². The molecule has 4 rings (SSSR count). The van der Waals surface area contributed by atoms with Crippen LogP contribution >= 0.6 is 23.2 Å². The predicted molar refractivity (Wildman–Crippen MR) is 143 cm³/mol. The molecule has 0 bridgehead atoms. The lowest BCUT2D eigenvalue weighted by molar-refractivity contribution is -0.126. The molecule has 1 saturated carbocycles. The van der Waals surface area contributed by atoms with Crippen molar-refractivity contribution in [3.05, 3.63) is 106 Å². The van der Waals surface area contributed by atoms with Gasteiger partial charge in [0.15, 0.2) is 5.78 Å². The summed E-state index contributed by atoms with van der Waals surface area (Å²) in [6.07, 6.45) is 3.77. The Bertz CT molecular complexity index is 1120. The first-order valence-electron chi connectivity index (χ1n) is 12.3. The topological polar surface area (TPSA) is 46.2 Å². The zero-order chi connectivity index (χ0) is 24.8. The van der Waals surface area contributed by atoms with Gasteiger partial charge in [-0.1, -0.05) is 77.8 Å². The largest absolute Gasteiger partial charge is 0.353 e. The second kappa shape index (κ2) is 11.9. The number of nitrogens with one attached hydrogen (secondary N) is 1. The number of carbonyl (C=O) groups excluding carboxylic acids is 2. The minimum Gasteiger partial charge on any atom is -0.353 e. The molecule has 3 aromatic carbocycles. The van der Waals surface area contributed by atoms with E-state index in [1.54, 1.807) is 0 Å². The lowest BCUT2D eigenvalue weighted by atomic mass is 9.78. The molecule has 0 spiro atoms. The van der Waals surface area contributed by atoms with Gasteiger partial charge in [-0.3, -0.25) is 9.59 Å². The Morgan fingerprint density at radius 1 is 0.800 bits per heavy atom. The van der Waals surface area contributed by atoms with Gasteiger partial charge in [-0.2, -0.15) is 0 Å². The Labute approximate surface area is 217 Å². The van der Waals surface area contributed by atoms with Crippen molar-refractivity contribution in [2.75, 3.05) is 0 Å². The first-order valence-corrected chi connectivity index (χ1v) is 13.1. The van der Waals surface area contributed by atoms with Gasteiger partial charge in [-0.25, -0.2) is 0 Å². The van der Waals surface area contributed by atoms with Gasteiger partial charge >= 0.3 is 0 Å². The van der Waals surface area contributed by atoms with Crippen molar-refractivity contribution in [2.45, 2.75) is 51.0 Å². The fourth-order valence-corrected chi connectivity index (χ4v) is 5.32. The molecular formula is C30H31Cl2NO2. The van der Waals surface area contributed by atoms with Crippen LogP contribution in [0, 0.1) is 11.8 Å². The zero-order valence-electron chi connectivity index (χ0n) is 19.9. The van der Waals surface area contributed by atoms with Crippen LogP contribution in [0.3, 0.4) is 0 Å². The fraction of sp³-hybridized carbons (Fsp3) is 0.333. The van der Waals surface area contributed by atoms with E-state index in [1.807, 2.05) is 78.9 Å². The number of hydrogen-bond donors (Lipinski definition) is 1. The summed E-state index contributed by atoms with van der Waals surface area (Å²) >= 11 is 12.2. The van der Waals surface area contributed by atoms with Gasteiger partial charge < -0.3 is 5.32 Å². The summed E-state index contributed by atoms with van der Waals surface area (Å²) in [6, 6.07) is 25.1. The minimum absolute atomic E-state index is 0.00518. The van der Waals surface area contributed by atoms with Crippen molar-refractivity contribution in [3.8, 4) is 0 Å². The minimum atomic E-state index is -0.0666. The molecule has 182 valence electrons. The molecule has 0 saturated heterocycles. The van der Waals surface area contributed by atoms with E-state index in [0.717, 1.165) is 48.8 Å². The number of benzene rings is 3. The molecule has 0 heterocycles. The van der Waals surface area contributed by atoms with Crippen molar-refractivity contribution < 1.29 is 9.59 Å². The normalized spacial score (nSPS) is 19.5. The quantitative estimate of drug-likeness (QED) is 0.320. The van der Waals surface area contributed by atoms with E-state index < -0.39 is 0 Å². The summed E-state index contributed by atoms with van der Waals surface area (Å²) in [5, 5.41) is 4.69. The monoisotopic (exact) mass is 507 g/mol. The number of amides is 1. The first kappa shape index (κ1) is 25.5. The smallest absolute Gasteiger partial charge is 0.223 e. The molecule has 1 fully saturated rings. The number of hydrogen-bond acceptors (Lipinski definition) is 2. The van der Waals surface area contributed by atoms with E-state index in [9.17, 15) is 9.59 Å². The number of halogens is 2. The summed E-state index contributed by atoms with van der Waals surface area (Å²) in [5.74, 6) is 0.319. The Kier molecular flexibility index (Phi) is 8.64.